The van der Waals surface area contributed by atoms with E-state index in [1.54, 1.807) is 17.0 Å². The molecule has 2 amide bonds. The number of amides is 2. The highest BCUT2D eigenvalue weighted by Crippen LogP contribution is 2.12. The molecular weight excluding hydrogens is 334 g/mol. The Kier molecular flexibility index (Phi) is 6.77. The Balaban J connectivity index is 1.98. The van der Waals surface area contributed by atoms with Crippen LogP contribution in [0, 0.1) is 0 Å². The van der Waals surface area contributed by atoms with Gasteiger partial charge in [0.15, 0.2) is 12.3 Å². The van der Waals surface area contributed by atoms with E-state index >= 15 is 0 Å². The van der Waals surface area contributed by atoms with E-state index in [0.717, 1.165) is 0 Å². The van der Waals surface area contributed by atoms with Gasteiger partial charge >= 0.3 is 0 Å². The SMILES string of the molecule is CC(C)NC(=O)c1coc(CN(C(=O)COc2ccccc2)C(C)C)n1. The lowest BCUT2D eigenvalue weighted by Crippen LogP contribution is -2.39. The predicted octanol–water partition coefficient (Wildman–Crippen LogP) is 2.63. The van der Waals surface area contributed by atoms with E-state index in [2.05, 4.69) is 10.3 Å². The van der Waals surface area contributed by atoms with Crippen LogP contribution < -0.4 is 10.1 Å². The summed E-state index contributed by atoms with van der Waals surface area (Å²) in [6.07, 6.45) is 1.30. The summed E-state index contributed by atoms with van der Waals surface area (Å²) in [7, 11) is 0. The van der Waals surface area contributed by atoms with Crippen molar-refractivity contribution in [2.45, 2.75) is 46.3 Å². The van der Waals surface area contributed by atoms with Crippen molar-refractivity contribution in [3.8, 4) is 5.75 Å². The maximum Gasteiger partial charge on any atom is 0.273 e. The molecule has 0 spiro atoms. The van der Waals surface area contributed by atoms with Crippen LogP contribution in [0.5, 0.6) is 5.75 Å². The zero-order valence-electron chi connectivity index (χ0n) is 15.6. The number of ether oxygens (including phenoxy) is 1. The highest BCUT2D eigenvalue weighted by atomic mass is 16.5. The van der Waals surface area contributed by atoms with Crippen LogP contribution in [0.3, 0.4) is 0 Å². The Morgan fingerprint density at radius 2 is 1.88 bits per heavy atom. The molecule has 0 bridgehead atoms. The van der Waals surface area contributed by atoms with Crippen molar-refractivity contribution in [2.75, 3.05) is 6.61 Å². The Morgan fingerprint density at radius 1 is 1.19 bits per heavy atom. The first kappa shape index (κ1) is 19.5. The van der Waals surface area contributed by atoms with Crippen LogP contribution in [-0.2, 0) is 11.3 Å². The van der Waals surface area contributed by atoms with Gasteiger partial charge in [-0.1, -0.05) is 18.2 Å². The molecule has 140 valence electrons. The maximum absolute atomic E-state index is 12.5. The van der Waals surface area contributed by atoms with Gasteiger partial charge in [0, 0.05) is 12.1 Å². The second kappa shape index (κ2) is 9.03. The number of nitrogens with zero attached hydrogens (tertiary/aromatic N) is 2. The number of oxazole rings is 1. The molecule has 1 N–H and O–H groups in total. The van der Waals surface area contributed by atoms with Crippen molar-refractivity contribution in [3.63, 3.8) is 0 Å². The largest absolute Gasteiger partial charge is 0.484 e. The van der Waals surface area contributed by atoms with Crippen molar-refractivity contribution >= 4 is 11.8 Å². The third-order valence-corrected chi connectivity index (χ3v) is 3.56. The quantitative estimate of drug-likeness (QED) is 0.783. The fraction of sp³-hybridized carbons (Fsp3) is 0.421. The van der Waals surface area contributed by atoms with Gasteiger partial charge in [0.25, 0.3) is 11.8 Å². The third kappa shape index (κ3) is 5.61. The van der Waals surface area contributed by atoms with Crippen molar-refractivity contribution in [2.24, 2.45) is 0 Å². The lowest BCUT2D eigenvalue weighted by molar-refractivity contribution is -0.136. The van der Waals surface area contributed by atoms with Gasteiger partial charge in [-0.15, -0.1) is 0 Å². The number of rotatable bonds is 8. The number of hydrogen-bond donors (Lipinski definition) is 1. The normalized spacial score (nSPS) is 10.8. The molecule has 0 saturated carbocycles. The van der Waals surface area contributed by atoms with E-state index in [0.29, 0.717) is 11.6 Å². The minimum Gasteiger partial charge on any atom is -0.484 e. The first-order chi connectivity index (χ1) is 12.4. The zero-order valence-corrected chi connectivity index (χ0v) is 15.6. The Bertz CT molecular complexity index is 725. The fourth-order valence-electron chi connectivity index (χ4n) is 2.27. The number of nitrogens with one attached hydrogen (secondary N) is 1. The van der Waals surface area contributed by atoms with Crippen molar-refractivity contribution in [3.05, 3.63) is 48.2 Å². The number of hydrogen-bond acceptors (Lipinski definition) is 5. The third-order valence-electron chi connectivity index (χ3n) is 3.56. The van der Waals surface area contributed by atoms with Crippen molar-refractivity contribution < 1.29 is 18.7 Å². The van der Waals surface area contributed by atoms with Gasteiger partial charge in [-0.2, -0.15) is 0 Å². The zero-order chi connectivity index (χ0) is 19.1. The topological polar surface area (TPSA) is 84.7 Å². The monoisotopic (exact) mass is 359 g/mol. The summed E-state index contributed by atoms with van der Waals surface area (Å²) in [5.74, 6) is 0.453. The molecule has 1 aromatic heterocycles. The van der Waals surface area contributed by atoms with Gasteiger partial charge in [0.05, 0.1) is 6.54 Å². The second-order valence-corrected chi connectivity index (χ2v) is 6.47. The molecule has 0 saturated heterocycles. The Morgan fingerprint density at radius 3 is 2.50 bits per heavy atom. The highest BCUT2D eigenvalue weighted by molar-refractivity contribution is 5.92. The van der Waals surface area contributed by atoms with Crippen LogP contribution in [-0.4, -0.2) is 40.4 Å². The van der Waals surface area contributed by atoms with Gasteiger partial charge in [-0.05, 0) is 39.8 Å². The Labute approximate surface area is 153 Å². The number of aromatic nitrogens is 1. The molecule has 0 fully saturated rings. The Hall–Kier alpha value is -2.83. The van der Waals surface area contributed by atoms with Gasteiger partial charge in [0.2, 0.25) is 5.89 Å². The minimum absolute atomic E-state index is 0.00604. The molecule has 26 heavy (non-hydrogen) atoms. The van der Waals surface area contributed by atoms with Crippen LogP contribution in [0.4, 0.5) is 0 Å². The molecule has 0 unspecified atom stereocenters. The van der Waals surface area contributed by atoms with Crippen LogP contribution in [0.25, 0.3) is 0 Å². The molecule has 1 aromatic carbocycles. The summed E-state index contributed by atoms with van der Waals surface area (Å²) >= 11 is 0. The maximum atomic E-state index is 12.5. The second-order valence-electron chi connectivity index (χ2n) is 6.47. The summed E-state index contributed by atoms with van der Waals surface area (Å²) < 4.78 is 10.9. The van der Waals surface area contributed by atoms with E-state index in [4.69, 9.17) is 9.15 Å². The fourth-order valence-corrected chi connectivity index (χ4v) is 2.27. The molecule has 2 aromatic rings. The molecule has 0 atom stereocenters. The van der Waals surface area contributed by atoms with E-state index in [1.807, 2.05) is 45.9 Å². The molecule has 0 aliphatic carbocycles. The molecule has 0 radical (unpaired) electrons. The standard InChI is InChI=1S/C19H25N3O4/c1-13(2)20-19(24)16-11-26-17(21-16)10-22(14(3)4)18(23)12-25-15-8-6-5-7-9-15/h5-9,11,13-14H,10,12H2,1-4H3,(H,20,24). The average Bonchev–Trinajstić information content (AvgIpc) is 3.06. The van der Waals surface area contributed by atoms with Gasteiger partial charge in [0.1, 0.15) is 12.0 Å². The van der Waals surface area contributed by atoms with Crippen LogP contribution in [0.15, 0.2) is 41.0 Å². The number of para-hydroxylation sites is 1. The van der Waals surface area contributed by atoms with E-state index in [9.17, 15) is 9.59 Å². The molecule has 7 nitrogen and oxygen atoms in total. The van der Waals surface area contributed by atoms with Crippen LogP contribution in [0.1, 0.15) is 44.1 Å². The number of carbonyl (C=O) groups is 2. The van der Waals surface area contributed by atoms with E-state index in [-0.39, 0.29) is 42.7 Å². The summed E-state index contributed by atoms with van der Waals surface area (Å²) in [4.78, 5) is 30.2. The van der Waals surface area contributed by atoms with E-state index in [1.165, 1.54) is 6.26 Å². The predicted molar refractivity (Wildman–Crippen MR) is 96.7 cm³/mol. The summed E-state index contributed by atoms with van der Waals surface area (Å²) in [5, 5.41) is 2.75. The van der Waals surface area contributed by atoms with Crippen LogP contribution >= 0.6 is 0 Å². The van der Waals surface area contributed by atoms with Crippen LogP contribution in [0.2, 0.25) is 0 Å². The average molecular weight is 359 g/mol. The molecule has 0 aliphatic rings. The summed E-state index contributed by atoms with van der Waals surface area (Å²) in [5.41, 5.74) is 0.199. The van der Waals surface area contributed by atoms with Crippen molar-refractivity contribution in [1.29, 1.82) is 0 Å². The lowest BCUT2D eigenvalue weighted by atomic mass is 10.3. The van der Waals surface area contributed by atoms with Gasteiger partial charge in [-0.3, -0.25) is 9.59 Å². The molecule has 1 heterocycles. The molecule has 2 rings (SSSR count). The van der Waals surface area contributed by atoms with E-state index < -0.39 is 0 Å². The molecule has 7 heteroatoms. The van der Waals surface area contributed by atoms with Crippen molar-refractivity contribution in [1.82, 2.24) is 15.2 Å². The first-order valence-corrected chi connectivity index (χ1v) is 8.59. The highest BCUT2D eigenvalue weighted by Gasteiger charge is 2.21. The minimum atomic E-state index is -0.301. The van der Waals surface area contributed by atoms with Gasteiger partial charge in [-0.25, -0.2) is 4.98 Å². The molecule has 0 aliphatic heterocycles. The first-order valence-electron chi connectivity index (χ1n) is 8.59. The number of benzene rings is 1. The smallest absolute Gasteiger partial charge is 0.273 e. The van der Waals surface area contributed by atoms with Gasteiger partial charge < -0.3 is 19.4 Å². The summed E-state index contributed by atoms with van der Waals surface area (Å²) in [6.45, 7) is 7.62. The number of carbonyl (C=O) groups excluding carboxylic acids is 2. The summed E-state index contributed by atoms with van der Waals surface area (Å²) in [6, 6.07) is 9.09. The lowest BCUT2D eigenvalue weighted by Gasteiger charge is -2.25. The molecular formula is C19H25N3O4.